The van der Waals surface area contributed by atoms with E-state index in [9.17, 15) is 9.59 Å². The van der Waals surface area contributed by atoms with E-state index in [2.05, 4.69) is 17.9 Å². The fraction of sp³-hybridized carbons (Fsp3) is 0.0667. The number of nitrogens with one attached hydrogen (secondary N) is 1. The predicted molar refractivity (Wildman–Crippen MR) is 88.4 cm³/mol. The quantitative estimate of drug-likeness (QED) is 0.226. The molecular formula is C15H16N4O2S. The number of carbonyl (C=O) groups is 2. The van der Waals surface area contributed by atoms with Gasteiger partial charge in [-0.2, -0.15) is 0 Å². The summed E-state index contributed by atoms with van der Waals surface area (Å²) in [6.45, 7) is -0.282. The molecule has 0 aliphatic carbocycles. The van der Waals surface area contributed by atoms with Crippen molar-refractivity contribution in [2.24, 2.45) is 5.84 Å². The van der Waals surface area contributed by atoms with E-state index < -0.39 is 11.8 Å². The van der Waals surface area contributed by atoms with E-state index in [0.29, 0.717) is 11.4 Å². The normalized spacial score (nSPS) is 10.1. The lowest BCUT2D eigenvalue weighted by Crippen LogP contribution is -2.43. The molecule has 0 saturated carbocycles. The number of hydrogen-bond donors (Lipinski definition) is 4. The molecule has 0 aliphatic heterocycles. The second-order valence-electron chi connectivity index (χ2n) is 4.62. The molecule has 0 spiro atoms. The number of carbonyl (C=O) groups excluding carboxylic acids is 2. The summed E-state index contributed by atoms with van der Waals surface area (Å²) in [7, 11) is 0. The molecule has 2 amide bonds. The van der Waals surface area contributed by atoms with Crippen molar-refractivity contribution in [1.29, 1.82) is 0 Å². The molecule has 0 aromatic heterocycles. The van der Waals surface area contributed by atoms with Crippen LogP contribution in [-0.4, -0.2) is 23.4 Å². The molecule has 2 rings (SSSR count). The Balaban J connectivity index is 1.97. The Bertz CT molecular complexity index is 688. The monoisotopic (exact) mass is 316 g/mol. The average Bonchev–Trinajstić information content (AvgIpc) is 2.49. The maximum absolute atomic E-state index is 12.1. The number of hydrazine groups is 1. The topological polar surface area (TPSA) is 101 Å². The summed E-state index contributed by atoms with van der Waals surface area (Å²) in [4.78, 5) is 24.8. The number of nitrogens with zero attached hydrogens (tertiary/aromatic N) is 1. The van der Waals surface area contributed by atoms with Crippen molar-refractivity contribution in [3.63, 3.8) is 0 Å². The summed E-state index contributed by atoms with van der Waals surface area (Å²) in [6.07, 6.45) is 0. The number of para-hydroxylation sites is 1. The van der Waals surface area contributed by atoms with Crippen LogP contribution in [0.4, 0.5) is 11.4 Å². The van der Waals surface area contributed by atoms with Gasteiger partial charge in [0.25, 0.3) is 5.91 Å². The van der Waals surface area contributed by atoms with Gasteiger partial charge in [-0.05, 0) is 36.4 Å². The molecule has 22 heavy (non-hydrogen) atoms. The molecular weight excluding hydrogens is 300 g/mol. The average molecular weight is 316 g/mol. The highest BCUT2D eigenvalue weighted by molar-refractivity contribution is 7.80. The van der Waals surface area contributed by atoms with Gasteiger partial charge in [-0.1, -0.05) is 12.1 Å². The second-order valence-corrected chi connectivity index (χ2v) is 5.13. The highest BCUT2D eigenvalue weighted by Crippen LogP contribution is 2.13. The first kappa shape index (κ1) is 15.9. The number of nitrogen functional groups attached to an aromatic ring is 1. The van der Waals surface area contributed by atoms with Gasteiger partial charge in [-0.15, -0.1) is 12.6 Å². The van der Waals surface area contributed by atoms with Gasteiger partial charge < -0.3 is 11.1 Å². The molecule has 0 radical (unpaired) electrons. The molecule has 5 N–H and O–H groups in total. The van der Waals surface area contributed by atoms with Crippen LogP contribution < -0.4 is 16.9 Å². The molecule has 6 nitrogen and oxygen atoms in total. The summed E-state index contributed by atoms with van der Waals surface area (Å²) >= 11 is 4.16. The van der Waals surface area contributed by atoms with Crippen molar-refractivity contribution in [3.8, 4) is 0 Å². The van der Waals surface area contributed by atoms with Gasteiger partial charge in [0.05, 0.1) is 5.56 Å². The first-order chi connectivity index (χ1) is 10.5. The lowest BCUT2D eigenvalue weighted by molar-refractivity contribution is -0.116. The number of rotatable bonds is 4. The molecule has 7 heteroatoms. The van der Waals surface area contributed by atoms with Crippen molar-refractivity contribution in [1.82, 2.24) is 5.01 Å². The SMILES string of the molecule is Nc1ccccc1C(=O)N(N)CC(=O)Nc1ccc(S)cc1. The molecule has 0 bridgehead atoms. The Morgan fingerprint density at radius 3 is 2.36 bits per heavy atom. The summed E-state index contributed by atoms with van der Waals surface area (Å²) in [5, 5.41) is 3.47. The van der Waals surface area contributed by atoms with Crippen LogP contribution in [0.2, 0.25) is 0 Å². The minimum absolute atomic E-state index is 0.261. The van der Waals surface area contributed by atoms with Crippen molar-refractivity contribution in [3.05, 3.63) is 54.1 Å². The number of benzene rings is 2. The van der Waals surface area contributed by atoms with Crippen LogP contribution in [0.25, 0.3) is 0 Å². The maximum Gasteiger partial charge on any atom is 0.270 e. The van der Waals surface area contributed by atoms with Crippen LogP contribution in [0, 0.1) is 0 Å². The van der Waals surface area contributed by atoms with Crippen molar-refractivity contribution >= 4 is 35.8 Å². The zero-order chi connectivity index (χ0) is 16.1. The number of hydrogen-bond acceptors (Lipinski definition) is 5. The van der Waals surface area contributed by atoms with E-state index in [1.165, 1.54) is 0 Å². The van der Waals surface area contributed by atoms with Gasteiger partial charge >= 0.3 is 0 Å². The molecule has 0 unspecified atom stereocenters. The fourth-order valence-corrected chi connectivity index (χ4v) is 1.97. The van der Waals surface area contributed by atoms with Crippen LogP contribution in [0.15, 0.2) is 53.4 Å². The molecule has 0 saturated heterocycles. The molecule has 114 valence electrons. The van der Waals surface area contributed by atoms with E-state index >= 15 is 0 Å². The minimum Gasteiger partial charge on any atom is -0.398 e. The Labute approximate surface area is 133 Å². The summed E-state index contributed by atoms with van der Waals surface area (Å²) in [5.74, 6) is 4.73. The van der Waals surface area contributed by atoms with Crippen LogP contribution in [-0.2, 0) is 4.79 Å². The van der Waals surface area contributed by atoms with Crippen molar-refractivity contribution in [2.45, 2.75) is 4.90 Å². The van der Waals surface area contributed by atoms with Crippen LogP contribution in [0.1, 0.15) is 10.4 Å². The highest BCUT2D eigenvalue weighted by atomic mass is 32.1. The molecule has 0 heterocycles. The van der Waals surface area contributed by atoms with E-state index in [1.807, 2.05) is 0 Å². The molecule has 0 atom stereocenters. The fourth-order valence-electron chi connectivity index (χ4n) is 1.82. The Morgan fingerprint density at radius 2 is 1.73 bits per heavy atom. The van der Waals surface area contributed by atoms with Gasteiger partial charge in [-0.3, -0.25) is 14.6 Å². The van der Waals surface area contributed by atoms with Gasteiger partial charge in [0.2, 0.25) is 5.91 Å². The second kappa shape index (κ2) is 6.97. The van der Waals surface area contributed by atoms with Crippen LogP contribution >= 0.6 is 12.6 Å². The predicted octanol–water partition coefficient (Wildman–Crippen LogP) is 1.51. The standard InChI is InChI=1S/C15H16N4O2S/c16-13-4-2-1-3-12(13)15(21)19(17)9-14(20)18-10-5-7-11(22)8-6-10/h1-8,22H,9,16-17H2,(H,18,20). The van der Waals surface area contributed by atoms with Crippen LogP contribution in [0.5, 0.6) is 0 Å². The van der Waals surface area contributed by atoms with E-state index in [4.69, 9.17) is 11.6 Å². The zero-order valence-corrected chi connectivity index (χ0v) is 12.6. The van der Waals surface area contributed by atoms with Crippen molar-refractivity contribution < 1.29 is 9.59 Å². The molecule has 2 aromatic carbocycles. The number of nitrogens with two attached hydrogens (primary N) is 2. The highest BCUT2D eigenvalue weighted by Gasteiger charge is 2.17. The van der Waals surface area contributed by atoms with E-state index in [0.717, 1.165) is 9.90 Å². The number of amides is 2. The number of anilines is 2. The molecule has 2 aromatic rings. The summed E-state index contributed by atoms with van der Waals surface area (Å²) in [5.41, 5.74) is 6.89. The van der Waals surface area contributed by atoms with Gasteiger partial charge in [0, 0.05) is 16.3 Å². The lowest BCUT2D eigenvalue weighted by Gasteiger charge is -2.17. The van der Waals surface area contributed by atoms with Crippen molar-refractivity contribution in [2.75, 3.05) is 17.6 Å². The minimum atomic E-state index is -0.515. The maximum atomic E-state index is 12.1. The summed E-state index contributed by atoms with van der Waals surface area (Å²) in [6, 6.07) is 13.4. The first-order valence-electron chi connectivity index (χ1n) is 6.47. The van der Waals surface area contributed by atoms with Gasteiger partial charge in [0.15, 0.2) is 0 Å². The third kappa shape index (κ3) is 4.00. The Hall–Kier alpha value is -2.51. The van der Waals surface area contributed by atoms with E-state index in [1.54, 1.807) is 48.5 Å². The first-order valence-corrected chi connectivity index (χ1v) is 6.92. The third-order valence-electron chi connectivity index (χ3n) is 2.92. The molecule has 0 fully saturated rings. The number of thiol groups is 1. The van der Waals surface area contributed by atoms with E-state index in [-0.39, 0.29) is 12.1 Å². The molecule has 0 aliphatic rings. The Kier molecular flexibility index (Phi) is 5.03. The van der Waals surface area contributed by atoms with Crippen LogP contribution in [0.3, 0.4) is 0 Å². The van der Waals surface area contributed by atoms with Gasteiger partial charge in [0.1, 0.15) is 6.54 Å². The third-order valence-corrected chi connectivity index (χ3v) is 3.22. The zero-order valence-electron chi connectivity index (χ0n) is 11.7. The lowest BCUT2D eigenvalue weighted by atomic mass is 10.1. The van der Waals surface area contributed by atoms with Gasteiger partial charge in [-0.25, -0.2) is 5.84 Å². The largest absolute Gasteiger partial charge is 0.398 e. The Morgan fingerprint density at radius 1 is 1.09 bits per heavy atom. The smallest absolute Gasteiger partial charge is 0.270 e. The summed E-state index contributed by atoms with van der Waals surface area (Å²) < 4.78 is 0.